The lowest BCUT2D eigenvalue weighted by atomic mass is 9.63. The molecule has 0 saturated heterocycles. The number of rotatable bonds is 4. The van der Waals surface area contributed by atoms with Crippen LogP contribution in [0.4, 0.5) is 0 Å². The Bertz CT molecular complexity index is 504. The SMILES string of the molecule is CC1(C)CC(NCc2cccc(C(N)=O)c2)CC(C)(C)C1. The van der Waals surface area contributed by atoms with Gasteiger partial charge in [0.2, 0.25) is 5.91 Å². The van der Waals surface area contributed by atoms with E-state index in [9.17, 15) is 4.79 Å². The van der Waals surface area contributed by atoms with Crippen LogP contribution in [0.2, 0.25) is 0 Å². The molecule has 0 radical (unpaired) electrons. The van der Waals surface area contributed by atoms with Crippen molar-refractivity contribution in [3.05, 3.63) is 35.4 Å². The van der Waals surface area contributed by atoms with Crippen LogP contribution in [0.25, 0.3) is 0 Å². The minimum absolute atomic E-state index is 0.364. The van der Waals surface area contributed by atoms with Crippen molar-refractivity contribution in [2.75, 3.05) is 0 Å². The minimum Gasteiger partial charge on any atom is -0.366 e. The molecule has 0 spiro atoms. The van der Waals surface area contributed by atoms with Crippen molar-refractivity contribution in [2.45, 2.75) is 59.5 Å². The summed E-state index contributed by atoms with van der Waals surface area (Å²) < 4.78 is 0. The molecule has 0 bridgehead atoms. The second-order valence-electron chi connectivity index (χ2n) is 8.06. The lowest BCUT2D eigenvalue weighted by molar-refractivity contribution is 0.0845. The predicted molar refractivity (Wildman–Crippen MR) is 87.0 cm³/mol. The van der Waals surface area contributed by atoms with Crippen molar-refractivity contribution in [2.24, 2.45) is 16.6 Å². The number of amides is 1. The molecule has 0 aromatic heterocycles. The van der Waals surface area contributed by atoms with E-state index in [0.717, 1.165) is 12.1 Å². The Hall–Kier alpha value is -1.35. The molecule has 0 aliphatic heterocycles. The number of hydrogen-bond acceptors (Lipinski definition) is 2. The van der Waals surface area contributed by atoms with Crippen LogP contribution in [0.15, 0.2) is 24.3 Å². The van der Waals surface area contributed by atoms with Crippen molar-refractivity contribution in [3.8, 4) is 0 Å². The van der Waals surface area contributed by atoms with Gasteiger partial charge < -0.3 is 11.1 Å². The van der Waals surface area contributed by atoms with Gasteiger partial charge in [0.25, 0.3) is 0 Å². The van der Waals surface area contributed by atoms with Gasteiger partial charge in [0, 0.05) is 18.2 Å². The monoisotopic (exact) mass is 288 g/mol. The van der Waals surface area contributed by atoms with Crippen molar-refractivity contribution < 1.29 is 4.79 Å². The van der Waals surface area contributed by atoms with Crippen LogP contribution >= 0.6 is 0 Å². The van der Waals surface area contributed by atoms with Crippen LogP contribution < -0.4 is 11.1 Å². The summed E-state index contributed by atoms with van der Waals surface area (Å²) in [5.74, 6) is -0.364. The van der Waals surface area contributed by atoms with Crippen LogP contribution in [-0.4, -0.2) is 11.9 Å². The smallest absolute Gasteiger partial charge is 0.248 e. The first-order valence-corrected chi connectivity index (χ1v) is 7.79. The van der Waals surface area contributed by atoms with E-state index < -0.39 is 0 Å². The molecule has 3 nitrogen and oxygen atoms in total. The standard InChI is InChI=1S/C18H28N2O/c1-17(2)9-15(10-18(3,4)12-17)20-11-13-6-5-7-14(8-13)16(19)21/h5-8,15,20H,9-12H2,1-4H3,(H2,19,21). The summed E-state index contributed by atoms with van der Waals surface area (Å²) in [6, 6.07) is 8.11. The van der Waals surface area contributed by atoms with E-state index in [0.29, 0.717) is 22.4 Å². The Labute approximate surface area is 128 Å². The molecule has 0 unspecified atom stereocenters. The topological polar surface area (TPSA) is 55.1 Å². The summed E-state index contributed by atoms with van der Waals surface area (Å²) in [6.45, 7) is 10.2. The van der Waals surface area contributed by atoms with Crippen molar-refractivity contribution >= 4 is 5.91 Å². The molecule has 1 aromatic rings. The first-order valence-electron chi connectivity index (χ1n) is 7.79. The molecule has 1 aromatic carbocycles. The highest BCUT2D eigenvalue weighted by Gasteiger charge is 2.38. The average molecular weight is 288 g/mol. The Morgan fingerprint density at radius 3 is 2.43 bits per heavy atom. The Morgan fingerprint density at radius 1 is 1.24 bits per heavy atom. The van der Waals surface area contributed by atoms with E-state index >= 15 is 0 Å². The summed E-state index contributed by atoms with van der Waals surface area (Å²) in [5.41, 5.74) is 7.80. The number of nitrogens with two attached hydrogens (primary N) is 1. The Kier molecular flexibility index (Phi) is 4.43. The summed E-state index contributed by atoms with van der Waals surface area (Å²) in [7, 11) is 0. The molecular formula is C18H28N2O. The second-order valence-corrected chi connectivity index (χ2v) is 8.06. The molecule has 3 heteroatoms. The zero-order valence-corrected chi connectivity index (χ0v) is 13.7. The number of nitrogens with one attached hydrogen (secondary N) is 1. The molecular weight excluding hydrogens is 260 g/mol. The quantitative estimate of drug-likeness (QED) is 0.891. The first-order chi connectivity index (χ1) is 9.67. The maximum Gasteiger partial charge on any atom is 0.248 e. The molecule has 1 saturated carbocycles. The van der Waals surface area contributed by atoms with E-state index in [4.69, 9.17) is 5.73 Å². The maximum atomic E-state index is 11.2. The summed E-state index contributed by atoms with van der Waals surface area (Å²) in [6.07, 6.45) is 3.67. The zero-order valence-electron chi connectivity index (χ0n) is 13.7. The van der Waals surface area contributed by atoms with Gasteiger partial charge in [-0.1, -0.05) is 39.8 Å². The minimum atomic E-state index is -0.364. The van der Waals surface area contributed by atoms with Gasteiger partial charge in [0.15, 0.2) is 0 Å². The zero-order chi connectivity index (χ0) is 15.7. The van der Waals surface area contributed by atoms with E-state index in [-0.39, 0.29) is 5.91 Å². The van der Waals surface area contributed by atoms with Gasteiger partial charge >= 0.3 is 0 Å². The van der Waals surface area contributed by atoms with Crippen LogP contribution in [0.5, 0.6) is 0 Å². The number of hydrogen-bond donors (Lipinski definition) is 2. The third-order valence-electron chi connectivity index (χ3n) is 4.36. The number of primary amides is 1. The molecule has 0 atom stereocenters. The molecule has 1 aliphatic carbocycles. The summed E-state index contributed by atoms with van der Waals surface area (Å²) >= 11 is 0. The summed E-state index contributed by atoms with van der Waals surface area (Å²) in [4.78, 5) is 11.2. The third kappa shape index (κ3) is 4.57. The van der Waals surface area contributed by atoms with E-state index in [2.05, 4.69) is 33.0 Å². The van der Waals surface area contributed by atoms with Crippen LogP contribution in [0.1, 0.15) is 62.9 Å². The predicted octanol–water partition coefficient (Wildman–Crippen LogP) is 3.48. The fraction of sp³-hybridized carbons (Fsp3) is 0.611. The van der Waals surface area contributed by atoms with E-state index in [1.54, 1.807) is 6.07 Å². The van der Waals surface area contributed by atoms with E-state index in [1.165, 1.54) is 19.3 Å². The van der Waals surface area contributed by atoms with Crippen molar-refractivity contribution in [1.82, 2.24) is 5.32 Å². The van der Waals surface area contributed by atoms with Crippen LogP contribution in [0, 0.1) is 10.8 Å². The molecule has 116 valence electrons. The van der Waals surface area contributed by atoms with Gasteiger partial charge in [0.1, 0.15) is 0 Å². The highest BCUT2D eigenvalue weighted by molar-refractivity contribution is 5.92. The normalized spacial score (nSPS) is 21.1. The lowest BCUT2D eigenvalue weighted by Gasteiger charge is -2.45. The van der Waals surface area contributed by atoms with Gasteiger partial charge in [-0.15, -0.1) is 0 Å². The van der Waals surface area contributed by atoms with Gasteiger partial charge in [-0.3, -0.25) is 4.79 Å². The fourth-order valence-electron chi connectivity index (χ4n) is 4.09. The van der Waals surface area contributed by atoms with Gasteiger partial charge in [0.05, 0.1) is 0 Å². The van der Waals surface area contributed by atoms with Gasteiger partial charge in [-0.25, -0.2) is 0 Å². The van der Waals surface area contributed by atoms with Gasteiger partial charge in [-0.2, -0.15) is 0 Å². The molecule has 3 N–H and O–H groups in total. The average Bonchev–Trinajstić information content (AvgIpc) is 2.33. The maximum absolute atomic E-state index is 11.2. The highest BCUT2D eigenvalue weighted by atomic mass is 16.1. The first kappa shape index (κ1) is 16.0. The lowest BCUT2D eigenvalue weighted by Crippen LogP contribution is -2.43. The molecule has 1 aliphatic rings. The Balaban J connectivity index is 1.99. The van der Waals surface area contributed by atoms with Gasteiger partial charge in [-0.05, 0) is 47.8 Å². The molecule has 2 rings (SSSR count). The van der Waals surface area contributed by atoms with Crippen LogP contribution in [-0.2, 0) is 6.54 Å². The fourth-order valence-corrected chi connectivity index (χ4v) is 4.09. The van der Waals surface area contributed by atoms with Crippen molar-refractivity contribution in [3.63, 3.8) is 0 Å². The third-order valence-corrected chi connectivity index (χ3v) is 4.36. The van der Waals surface area contributed by atoms with Crippen LogP contribution in [0.3, 0.4) is 0 Å². The highest BCUT2D eigenvalue weighted by Crippen LogP contribution is 2.45. The molecule has 21 heavy (non-hydrogen) atoms. The number of carbonyl (C=O) groups is 1. The summed E-state index contributed by atoms with van der Waals surface area (Å²) in [5, 5.41) is 3.66. The number of benzene rings is 1. The Morgan fingerprint density at radius 2 is 1.86 bits per heavy atom. The van der Waals surface area contributed by atoms with Crippen molar-refractivity contribution in [1.29, 1.82) is 0 Å². The number of carbonyl (C=O) groups excluding carboxylic acids is 1. The molecule has 0 heterocycles. The largest absolute Gasteiger partial charge is 0.366 e. The molecule has 1 amide bonds. The second kappa shape index (κ2) is 5.80. The molecule has 1 fully saturated rings. The van der Waals surface area contributed by atoms with E-state index in [1.807, 2.05) is 18.2 Å².